The van der Waals surface area contributed by atoms with Crippen LogP contribution in [0.5, 0.6) is 0 Å². The summed E-state index contributed by atoms with van der Waals surface area (Å²) in [6.45, 7) is -0.538. The Bertz CT molecular complexity index is 216. The maximum Gasteiger partial charge on any atom is 0.471 e. The molecule has 7 heteroatoms. The minimum atomic E-state index is -4.92. The lowest BCUT2D eigenvalue weighted by molar-refractivity contribution is -0.184. The van der Waals surface area contributed by atoms with Gasteiger partial charge in [0.2, 0.25) is 0 Å². The Morgan fingerprint density at radius 1 is 1.38 bits per heavy atom. The average molecular weight is 262 g/mol. The van der Waals surface area contributed by atoms with E-state index in [-0.39, 0.29) is 5.33 Å². The second-order valence-electron chi connectivity index (χ2n) is 2.33. The number of halogens is 4. The van der Waals surface area contributed by atoms with Crippen molar-refractivity contribution >= 4 is 27.6 Å². The van der Waals surface area contributed by atoms with E-state index in [2.05, 4.69) is 15.9 Å². The normalized spacial score (nSPS) is 11.2. The third-order valence-corrected chi connectivity index (χ3v) is 1.78. The minimum Gasteiger partial charge on any atom is -0.331 e. The number of carbonyl (C=O) groups excluding carboxylic acids is 2. The van der Waals surface area contributed by atoms with Gasteiger partial charge in [-0.1, -0.05) is 15.9 Å². The van der Waals surface area contributed by atoms with Crippen LogP contribution in [0.3, 0.4) is 0 Å². The Morgan fingerprint density at radius 2 is 1.85 bits per heavy atom. The first-order valence-corrected chi connectivity index (χ1v) is 4.31. The Balaban J connectivity index is 4.20. The van der Waals surface area contributed by atoms with Crippen molar-refractivity contribution in [3.8, 4) is 0 Å². The molecule has 0 saturated heterocycles. The van der Waals surface area contributed by atoms with Crippen molar-refractivity contribution in [1.82, 2.24) is 4.90 Å². The van der Waals surface area contributed by atoms with Crippen LogP contribution in [0.2, 0.25) is 0 Å². The van der Waals surface area contributed by atoms with Crippen LogP contribution in [-0.2, 0) is 9.59 Å². The molecule has 0 bridgehead atoms. The van der Waals surface area contributed by atoms with E-state index >= 15 is 0 Å². The van der Waals surface area contributed by atoms with Gasteiger partial charge in [0.1, 0.15) is 0 Å². The maximum atomic E-state index is 11.7. The summed E-state index contributed by atoms with van der Waals surface area (Å²) in [4.78, 5) is 21.4. The lowest BCUT2D eigenvalue weighted by Crippen LogP contribution is -2.41. The summed E-state index contributed by atoms with van der Waals surface area (Å²) in [5, 5.41) is -0.0670. The number of Topliss-reactive ketones (excluding diaryl/α,β-unsaturated/α-hetero) is 1. The van der Waals surface area contributed by atoms with E-state index in [9.17, 15) is 22.8 Å². The molecule has 0 rings (SSSR count). The van der Waals surface area contributed by atoms with Gasteiger partial charge in [-0.05, 0) is 0 Å². The predicted octanol–water partition coefficient (Wildman–Crippen LogP) is 0.971. The number of alkyl halides is 4. The molecular formula is C6H7BrF3NO2. The molecule has 0 atom stereocenters. The molecule has 0 radical (unpaired) electrons. The fourth-order valence-electron chi connectivity index (χ4n) is 0.595. The zero-order chi connectivity index (χ0) is 10.6. The largest absolute Gasteiger partial charge is 0.471 e. The van der Waals surface area contributed by atoms with Crippen molar-refractivity contribution in [3.05, 3.63) is 0 Å². The third-order valence-electron chi connectivity index (χ3n) is 1.15. The molecule has 0 aromatic rings. The van der Waals surface area contributed by atoms with E-state index in [1.807, 2.05) is 0 Å². The van der Waals surface area contributed by atoms with Crippen molar-refractivity contribution in [2.75, 3.05) is 18.9 Å². The second kappa shape index (κ2) is 4.59. The Kier molecular flexibility index (Phi) is 4.38. The third kappa shape index (κ3) is 4.25. The number of likely N-dealkylation sites (N-methyl/N-ethyl adjacent to an activating group) is 1. The highest BCUT2D eigenvalue weighted by atomic mass is 79.9. The second-order valence-corrected chi connectivity index (χ2v) is 2.89. The van der Waals surface area contributed by atoms with E-state index in [0.717, 1.165) is 7.05 Å². The van der Waals surface area contributed by atoms with Crippen molar-refractivity contribution in [3.63, 3.8) is 0 Å². The van der Waals surface area contributed by atoms with E-state index in [1.165, 1.54) is 0 Å². The molecule has 0 saturated carbocycles. The fourth-order valence-corrected chi connectivity index (χ4v) is 0.772. The number of hydrogen-bond acceptors (Lipinski definition) is 2. The summed E-state index contributed by atoms with van der Waals surface area (Å²) >= 11 is 2.77. The quantitative estimate of drug-likeness (QED) is 0.711. The van der Waals surface area contributed by atoms with Gasteiger partial charge in [-0.25, -0.2) is 0 Å². The Morgan fingerprint density at radius 3 is 2.15 bits per heavy atom. The van der Waals surface area contributed by atoms with E-state index < -0.39 is 24.4 Å². The number of hydrogen-bond donors (Lipinski definition) is 0. The predicted molar refractivity (Wildman–Crippen MR) is 42.5 cm³/mol. The molecule has 13 heavy (non-hydrogen) atoms. The van der Waals surface area contributed by atoms with Gasteiger partial charge in [0, 0.05) is 7.05 Å². The SMILES string of the molecule is CN(CC(=O)CBr)C(=O)C(F)(F)F. The molecule has 0 fully saturated rings. The summed E-state index contributed by atoms with van der Waals surface area (Å²) in [5.74, 6) is -2.50. The number of carbonyl (C=O) groups is 2. The van der Waals surface area contributed by atoms with E-state index in [4.69, 9.17) is 0 Å². The Labute approximate surface area is 81.0 Å². The van der Waals surface area contributed by atoms with Gasteiger partial charge in [0.15, 0.2) is 5.78 Å². The molecule has 0 N–H and O–H groups in total. The van der Waals surface area contributed by atoms with Gasteiger partial charge in [0.05, 0.1) is 11.9 Å². The molecule has 0 spiro atoms. The average Bonchev–Trinajstić information content (AvgIpc) is 2.01. The molecular weight excluding hydrogens is 255 g/mol. The molecule has 0 aliphatic rings. The molecule has 76 valence electrons. The maximum absolute atomic E-state index is 11.7. The van der Waals surface area contributed by atoms with Crippen molar-refractivity contribution in [1.29, 1.82) is 0 Å². The van der Waals surface area contributed by atoms with Crippen molar-refractivity contribution in [2.45, 2.75) is 6.18 Å². The van der Waals surface area contributed by atoms with Crippen LogP contribution < -0.4 is 0 Å². The van der Waals surface area contributed by atoms with Crippen LogP contribution in [0.4, 0.5) is 13.2 Å². The van der Waals surface area contributed by atoms with Gasteiger partial charge in [-0.3, -0.25) is 9.59 Å². The van der Waals surface area contributed by atoms with Crippen LogP contribution >= 0.6 is 15.9 Å². The van der Waals surface area contributed by atoms with Gasteiger partial charge >= 0.3 is 12.1 Å². The number of amides is 1. The van der Waals surface area contributed by atoms with Gasteiger partial charge in [-0.15, -0.1) is 0 Å². The first-order valence-electron chi connectivity index (χ1n) is 3.19. The van der Waals surface area contributed by atoms with Crippen LogP contribution in [0.15, 0.2) is 0 Å². The van der Waals surface area contributed by atoms with E-state index in [1.54, 1.807) is 0 Å². The lowest BCUT2D eigenvalue weighted by atomic mass is 10.4. The molecule has 3 nitrogen and oxygen atoms in total. The van der Waals surface area contributed by atoms with Gasteiger partial charge in [-0.2, -0.15) is 13.2 Å². The molecule has 0 aliphatic heterocycles. The van der Waals surface area contributed by atoms with Gasteiger partial charge in [0.25, 0.3) is 0 Å². The fraction of sp³-hybridized carbons (Fsp3) is 0.667. The van der Waals surface area contributed by atoms with Crippen molar-refractivity contribution < 1.29 is 22.8 Å². The topological polar surface area (TPSA) is 37.4 Å². The smallest absolute Gasteiger partial charge is 0.331 e. The van der Waals surface area contributed by atoms with Crippen LogP contribution in [0.25, 0.3) is 0 Å². The number of ketones is 1. The molecule has 0 aromatic carbocycles. The molecule has 0 unspecified atom stereocenters. The van der Waals surface area contributed by atoms with E-state index in [0.29, 0.717) is 4.90 Å². The Hall–Kier alpha value is -0.590. The summed E-state index contributed by atoms with van der Waals surface area (Å²) in [6, 6.07) is 0. The number of rotatable bonds is 3. The van der Waals surface area contributed by atoms with Crippen molar-refractivity contribution in [2.24, 2.45) is 0 Å². The summed E-state index contributed by atoms with van der Waals surface area (Å²) in [7, 11) is 0.927. The van der Waals surface area contributed by atoms with Crippen LogP contribution in [-0.4, -0.2) is 41.7 Å². The zero-order valence-electron chi connectivity index (χ0n) is 6.69. The highest BCUT2D eigenvalue weighted by molar-refractivity contribution is 9.09. The molecule has 0 aliphatic carbocycles. The highest BCUT2D eigenvalue weighted by Crippen LogP contribution is 2.17. The molecule has 0 aromatic heterocycles. The number of nitrogens with zero attached hydrogens (tertiary/aromatic N) is 1. The molecule has 1 amide bonds. The van der Waals surface area contributed by atoms with Crippen LogP contribution in [0.1, 0.15) is 0 Å². The standard InChI is InChI=1S/C6H7BrF3NO2/c1-11(3-4(12)2-7)5(13)6(8,9)10/h2-3H2,1H3. The molecule has 0 heterocycles. The first kappa shape index (κ1) is 12.4. The van der Waals surface area contributed by atoms with Crippen LogP contribution in [0, 0.1) is 0 Å². The zero-order valence-corrected chi connectivity index (χ0v) is 8.28. The highest BCUT2D eigenvalue weighted by Gasteiger charge is 2.41. The minimum absolute atomic E-state index is 0.0670. The van der Waals surface area contributed by atoms with Gasteiger partial charge < -0.3 is 4.90 Å². The first-order chi connectivity index (χ1) is 5.79. The monoisotopic (exact) mass is 261 g/mol. The summed E-state index contributed by atoms with van der Waals surface area (Å²) < 4.78 is 35.2. The summed E-state index contributed by atoms with van der Waals surface area (Å²) in [5.41, 5.74) is 0. The summed E-state index contributed by atoms with van der Waals surface area (Å²) in [6.07, 6.45) is -4.92. The lowest BCUT2D eigenvalue weighted by Gasteiger charge is -2.16.